The molecule has 3 N–H and O–H groups in total. The predicted molar refractivity (Wildman–Crippen MR) is 97.1 cm³/mol. The summed E-state index contributed by atoms with van der Waals surface area (Å²) < 4.78 is 60.2. The van der Waals surface area contributed by atoms with E-state index in [4.69, 9.17) is 4.42 Å². The molecule has 28 heavy (non-hydrogen) atoms. The van der Waals surface area contributed by atoms with Gasteiger partial charge in [-0.15, -0.1) is 0 Å². The molecule has 0 unspecified atom stereocenters. The molecule has 4 nitrogen and oxygen atoms in total. The van der Waals surface area contributed by atoms with Crippen LogP contribution in [-0.4, -0.2) is 28.7 Å². The number of aliphatic hydroxyl groups is 2. The number of rotatable bonds is 6. The maximum atomic E-state index is 13.8. The third-order valence-electron chi connectivity index (χ3n) is 4.58. The first-order chi connectivity index (χ1) is 13.1. The minimum absolute atomic E-state index is 0.0385. The van der Waals surface area contributed by atoms with Gasteiger partial charge in [0.1, 0.15) is 23.0 Å². The minimum Gasteiger partial charge on any atom is -0.456 e. The Labute approximate surface area is 158 Å². The fraction of sp³-hybridized carbons (Fsp3) is 0.400. The maximum Gasteiger partial charge on any atom is 0.407 e. The standard InChI is InChI=1S/C20H21F4NO3/c1-10(2)7-15(19(26)27)25-18(20(22,23)24)11-3-6-16-14(8-11)13-5-4-12(21)9-17(13)28-16/h3-6,8-10,15,18-19,25-27H,7H2,1-2H3/t15-,18-/m0/s1. The number of aliphatic hydroxyl groups excluding tert-OH is 1. The topological polar surface area (TPSA) is 65.6 Å². The number of alkyl halides is 3. The van der Waals surface area contributed by atoms with Gasteiger partial charge in [0.15, 0.2) is 6.29 Å². The van der Waals surface area contributed by atoms with Gasteiger partial charge in [0.05, 0.1) is 6.04 Å². The Kier molecular flexibility index (Phi) is 5.65. The van der Waals surface area contributed by atoms with E-state index in [1.165, 1.54) is 36.4 Å². The van der Waals surface area contributed by atoms with Crippen molar-refractivity contribution >= 4 is 21.9 Å². The Morgan fingerprint density at radius 2 is 1.71 bits per heavy atom. The van der Waals surface area contributed by atoms with E-state index in [1.807, 2.05) is 0 Å². The molecular formula is C20H21F4NO3. The van der Waals surface area contributed by atoms with Gasteiger partial charge < -0.3 is 14.6 Å². The van der Waals surface area contributed by atoms with Gasteiger partial charge in [-0.3, -0.25) is 5.32 Å². The number of halogens is 4. The number of fused-ring (bicyclic) bond motifs is 3. The molecule has 152 valence electrons. The lowest BCUT2D eigenvalue weighted by Crippen LogP contribution is -2.47. The largest absolute Gasteiger partial charge is 0.456 e. The van der Waals surface area contributed by atoms with Crippen LogP contribution >= 0.6 is 0 Å². The lowest BCUT2D eigenvalue weighted by molar-refractivity contribution is -0.167. The summed E-state index contributed by atoms with van der Waals surface area (Å²) in [7, 11) is 0. The predicted octanol–water partition coefficient (Wildman–Crippen LogP) is 4.64. The van der Waals surface area contributed by atoms with Crippen LogP contribution in [0.2, 0.25) is 0 Å². The maximum absolute atomic E-state index is 13.8. The van der Waals surface area contributed by atoms with Gasteiger partial charge in [0, 0.05) is 16.8 Å². The fourth-order valence-electron chi connectivity index (χ4n) is 3.33. The molecule has 0 spiro atoms. The van der Waals surface area contributed by atoms with Gasteiger partial charge in [-0.05, 0) is 42.2 Å². The lowest BCUT2D eigenvalue weighted by atomic mass is 9.98. The lowest BCUT2D eigenvalue weighted by Gasteiger charge is -2.29. The number of furan rings is 1. The first kappa shape index (κ1) is 20.6. The summed E-state index contributed by atoms with van der Waals surface area (Å²) >= 11 is 0. The van der Waals surface area contributed by atoms with E-state index in [0.717, 1.165) is 0 Å². The molecule has 1 aromatic heterocycles. The molecule has 0 saturated heterocycles. The summed E-state index contributed by atoms with van der Waals surface area (Å²) in [5.41, 5.74) is 0.486. The van der Waals surface area contributed by atoms with E-state index in [9.17, 15) is 27.8 Å². The van der Waals surface area contributed by atoms with Gasteiger partial charge in [0.2, 0.25) is 0 Å². The Morgan fingerprint density at radius 1 is 1.00 bits per heavy atom. The first-order valence-corrected chi connectivity index (χ1v) is 8.87. The van der Waals surface area contributed by atoms with E-state index in [1.54, 1.807) is 13.8 Å². The van der Waals surface area contributed by atoms with Gasteiger partial charge in [-0.1, -0.05) is 19.9 Å². The van der Waals surface area contributed by atoms with Crippen molar-refractivity contribution in [2.24, 2.45) is 5.92 Å². The van der Waals surface area contributed by atoms with Crippen molar-refractivity contribution < 1.29 is 32.2 Å². The highest BCUT2D eigenvalue weighted by molar-refractivity contribution is 6.05. The molecule has 3 rings (SSSR count). The Hall–Kier alpha value is -2.16. The molecule has 0 bridgehead atoms. The second-order valence-corrected chi connectivity index (χ2v) is 7.29. The highest BCUT2D eigenvalue weighted by atomic mass is 19.4. The van der Waals surface area contributed by atoms with Crippen molar-refractivity contribution in [1.29, 1.82) is 0 Å². The van der Waals surface area contributed by atoms with Crippen LogP contribution in [0.4, 0.5) is 17.6 Å². The first-order valence-electron chi connectivity index (χ1n) is 8.87. The van der Waals surface area contributed by atoms with Crippen LogP contribution in [-0.2, 0) is 0 Å². The molecule has 2 atom stereocenters. The summed E-state index contributed by atoms with van der Waals surface area (Å²) in [5, 5.41) is 22.3. The zero-order valence-corrected chi connectivity index (χ0v) is 15.3. The number of hydrogen-bond donors (Lipinski definition) is 3. The number of hydrogen-bond acceptors (Lipinski definition) is 4. The van der Waals surface area contributed by atoms with Crippen molar-refractivity contribution in [3.63, 3.8) is 0 Å². The van der Waals surface area contributed by atoms with Crippen LogP contribution in [0.5, 0.6) is 0 Å². The highest BCUT2D eigenvalue weighted by Crippen LogP contribution is 2.37. The van der Waals surface area contributed by atoms with E-state index >= 15 is 0 Å². The molecule has 2 aromatic carbocycles. The third kappa shape index (κ3) is 4.29. The van der Waals surface area contributed by atoms with Gasteiger partial charge in [-0.25, -0.2) is 4.39 Å². The Bertz CT molecular complexity index is 965. The van der Waals surface area contributed by atoms with Crippen LogP contribution in [0.15, 0.2) is 40.8 Å². The smallest absolute Gasteiger partial charge is 0.407 e. The molecule has 0 aliphatic carbocycles. The SMILES string of the molecule is CC(C)C[C@H](N[C@@H](c1ccc2oc3cc(F)ccc3c2c1)C(F)(F)F)C(O)O. The van der Waals surface area contributed by atoms with Gasteiger partial charge in [0.25, 0.3) is 0 Å². The normalized spacial score (nSPS) is 15.1. The van der Waals surface area contributed by atoms with Crippen LogP contribution in [0.3, 0.4) is 0 Å². The zero-order valence-electron chi connectivity index (χ0n) is 15.3. The molecule has 0 saturated carbocycles. The summed E-state index contributed by atoms with van der Waals surface area (Å²) in [4.78, 5) is 0. The second kappa shape index (κ2) is 7.69. The van der Waals surface area contributed by atoms with E-state index in [2.05, 4.69) is 5.32 Å². The molecule has 0 aliphatic rings. The number of nitrogens with one attached hydrogen (secondary N) is 1. The van der Waals surface area contributed by atoms with E-state index in [0.29, 0.717) is 16.4 Å². The van der Waals surface area contributed by atoms with Crippen LogP contribution in [0, 0.1) is 11.7 Å². The molecular weight excluding hydrogens is 378 g/mol. The molecule has 3 aromatic rings. The van der Waals surface area contributed by atoms with Gasteiger partial charge in [-0.2, -0.15) is 13.2 Å². The molecule has 1 heterocycles. The Balaban J connectivity index is 2.04. The quantitative estimate of drug-likeness (QED) is 0.417. The molecule has 0 aliphatic heterocycles. The second-order valence-electron chi connectivity index (χ2n) is 7.29. The average Bonchev–Trinajstić information content (AvgIpc) is 2.93. The van der Waals surface area contributed by atoms with Crippen LogP contribution in [0.25, 0.3) is 21.9 Å². The summed E-state index contributed by atoms with van der Waals surface area (Å²) in [6.45, 7) is 3.56. The average molecular weight is 399 g/mol. The van der Waals surface area contributed by atoms with E-state index in [-0.39, 0.29) is 23.5 Å². The van der Waals surface area contributed by atoms with Crippen molar-refractivity contribution in [3.8, 4) is 0 Å². The minimum atomic E-state index is -4.66. The molecule has 8 heteroatoms. The van der Waals surface area contributed by atoms with Crippen molar-refractivity contribution in [2.75, 3.05) is 0 Å². The Morgan fingerprint density at radius 3 is 2.32 bits per heavy atom. The number of benzene rings is 2. The molecule has 0 fully saturated rings. The van der Waals surface area contributed by atoms with Crippen molar-refractivity contribution in [1.82, 2.24) is 5.32 Å². The van der Waals surface area contributed by atoms with Crippen LogP contribution < -0.4 is 5.32 Å². The van der Waals surface area contributed by atoms with Crippen molar-refractivity contribution in [3.05, 3.63) is 47.8 Å². The summed E-state index contributed by atoms with van der Waals surface area (Å²) in [6.07, 6.45) is -6.45. The molecule has 0 amide bonds. The van der Waals surface area contributed by atoms with Crippen molar-refractivity contribution in [2.45, 2.75) is 44.8 Å². The van der Waals surface area contributed by atoms with Crippen LogP contribution in [0.1, 0.15) is 31.9 Å². The zero-order chi connectivity index (χ0) is 20.6. The fourth-order valence-corrected chi connectivity index (χ4v) is 3.33. The molecule has 0 radical (unpaired) electrons. The highest BCUT2D eigenvalue weighted by Gasteiger charge is 2.42. The summed E-state index contributed by atoms with van der Waals surface area (Å²) in [5.74, 6) is -0.543. The monoisotopic (exact) mass is 399 g/mol. The van der Waals surface area contributed by atoms with Gasteiger partial charge >= 0.3 is 6.18 Å². The summed E-state index contributed by atoms with van der Waals surface area (Å²) in [6, 6.07) is 4.58. The van der Waals surface area contributed by atoms with E-state index < -0.39 is 30.4 Å². The third-order valence-corrected chi connectivity index (χ3v) is 4.58.